The van der Waals surface area contributed by atoms with E-state index in [4.69, 9.17) is 27.8 Å². The zero-order chi connectivity index (χ0) is 21.1. The lowest BCUT2D eigenvalue weighted by Crippen LogP contribution is -2.41. The van der Waals surface area contributed by atoms with Crippen LogP contribution >= 0.6 is 11.6 Å². The molecule has 1 fully saturated rings. The highest BCUT2D eigenvalue weighted by Crippen LogP contribution is 2.50. The Bertz CT molecular complexity index is 1030. The number of halogens is 3. The summed E-state index contributed by atoms with van der Waals surface area (Å²) in [5.74, 6) is -2.42. The standard InChI is InChI=1S/C20H20ClF2N3O3/c1-19(18(25)27)8-29-17-11(19)5-15(20(28,7-24)9-2-3-9)26-16(17)10-4-12(21)14(23)6-13(10)22/h4-6,9,28H,2-3,7-8,24H2,1H3,(H2,25,27). The Kier molecular flexibility index (Phi) is 4.56. The summed E-state index contributed by atoms with van der Waals surface area (Å²) < 4.78 is 34.0. The fourth-order valence-corrected chi connectivity index (χ4v) is 3.90. The molecule has 1 aliphatic carbocycles. The van der Waals surface area contributed by atoms with E-state index < -0.39 is 28.6 Å². The average molecular weight is 424 g/mol. The van der Waals surface area contributed by atoms with Crippen molar-refractivity contribution in [1.29, 1.82) is 0 Å². The lowest BCUT2D eigenvalue weighted by molar-refractivity contribution is -0.123. The molecule has 0 bridgehead atoms. The Labute approximate surface area is 170 Å². The van der Waals surface area contributed by atoms with Crippen LogP contribution in [0.1, 0.15) is 31.0 Å². The highest BCUT2D eigenvalue weighted by Gasteiger charge is 2.49. The molecule has 6 nitrogen and oxygen atoms in total. The molecule has 154 valence electrons. The molecule has 1 saturated carbocycles. The number of carbonyl (C=O) groups excluding carboxylic acids is 1. The summed E-state index contributed by atoms with van der Waals surface area (Å²) in [6, 6.07) is 3.29. The first-order chi connectivity index (χ1) is 13.6. The second kappa shape index (κ2) is 6.62. The zero-order valence-electron chi connectivity index (χ0n) is 15.6. The molecule has 1 aromatic carbocycles. The molecule has 4 rings (SSSR count). The van der Waals surface area contributed by atoms with E-state index in [1.807, 2.05) is 0 Å². The molecule has 2 aromatic rings. The smallest absolute Gasteiger partial charge is 0.231 e. The maximum atomic E-state index is 14.6. The summed E-state index contributed by atoms with van der Waals surface area (Å²) in [6.07, 6.45) is 1.53. The van der Waals surface area contributed by atoms with Crippen LogP contribution in [0.3, 0.4) is 0 Å². The minimum absolute atomic E-state index is 0.00870. The van der Waals surface area contributed by atoms with Gasteiger partial charge in [-0.05, 0) is 37.8 Å². The van der Waals surface area contributed by atoms with Gasteiger partial charge in [-0.1, -0.05) is 11.6 Å². The number of fused-ring (bicyclic) bond motifs is 1. The molecule has 9 heteroatoms. The molecule has 1 aromatic heterocycles. The van der Waals surface area contributed by atoms with Crippen molar-refractivity contribution in [2.45, 2.75) is 30.8 Å². The molecular formula is C20H20ClF2N3O3. The van der Waals surface area contributed by atoms with Gasteiger partial charge in [-0.2, -0.15) is 0 Å². The molecule has 2 heterocycles. The first-order valence-corrected chi connectivity index (χ1v) is 9.55. The SMILES string of the molecule is CC1(C(N)=O)COc2c1cc(C(O)(CN)C1CC1)nc2-c1cc(Cl)c(F)cc1F. The molecule has 2 aliphatic rings. The topological polar surface area (TPSA) is 111 Å². The fraction of sp³-hybridized carbons (Fsp3) is 0.400. The van der Waals surface area contributed by atoms with E-state index in [2.05, 4.69) is 4.98 Å². The predicted molar refractivity (Wildman–Crippen MR) is 102 cm³/mol. The van der Waals surface area contributed by atoms with Crippen molar-refractivity contribution >= 4 is 17.5 Å². The number of benzene rings is 1. The van der Waals surface area contributed by atoms with E-state index in [9.17, 15) is 18.7 Å². The van der Waals surface area contributed by atoms with Gasteiger partial charge in [0.2, 0.25) is 5.91 Å². The number of aromatic nitrogens is 1. The van der Waals surface area contributed by atoms with Crippen LogP contribution in [0.2, 0.25) is 5.02 Å². The average Bonchev–Trinajstić information content (AvgIpc) is 3.48. The van der Waals surface area contributed by atoms with E-state index >= 15 is 0 Å². The lowest BCUT2D eigenvalue weighted by atomic mass is 9.81. The first kappa shape index (κ1) is 20.0. The summed E-state index contributed by atoms with van der Waals surface area (Å²) in [5, 5.41) is 10.9. The maximum Gasteiger partial charge on any atom is 0.231 e. The van der Waals surface area contributed by atoms with Gasteiger partial charge in [0.25, 0.3) is 0 Å². The number of primary amides is 1. The predicted octanol–water partition coefficient (Wildman–Crippen LogP) is 2.37. The monoisotopic (exact) mass is 423 g/mol. The zero-order valence-corrected chi connectivity index (χ0v) is 16.4. The third kappa shape index (κ3) is 2.97. The van der Waals surface area contributed by atoms with Crippen molar-refractivity contribution < 1.29 is 23.4 Å². The van der Waals surface area contributed by atoms with Crippen LogP contribution in [0.5, 0.6) is 5.75 Å². The molecule has 2 unspecified atom stereocenters. The Balaban J connectivity index is 2.02. The van der Waals surface area contributed by atoms with Crippen LogP contribution in [0.4, 0.5) is 8.78 Å². The molecular weight excluding hydrogens is 404 g/mol. The number of rotatable bonds is 5. The largest absolute Gasteiger partial charge is 0.489 e. The van der Waals surface area contributed by atoms with Gasteiger partial charge in [-0.3, -0.25) is 4.79 Å². The number of ether oxygens (including phenoxy) is 1. The normalized spacial score (nSPS) is 22.7. The van der Waals surface area contributed by atoms with Crippen LogP contribution in [0.15, 0.2) is 18.2 Å². The van der Waals surface area contributed by atoms with Gasteiger partial charge in [0.1, 0.15) is 40.7 Å². The Hall–Kier alpha value is -2.29. The van der Waals surface area contributed by atoms with E-state index in [-0.39, 0.29) is 46.8 Å². The van der Waals surface area contributed by atoms with E-state index in [0.29, 0.717) is 11.6 Å². The minimum atomic E-state index is -1.45. The van der Waals surface area contributed by atoms with Crippen molar-refractivity contribution in [2.75, 3.05) is 13.2 Å². The molecule has 0 spiro atoms. The van der Waals surface area contributed by atoms with Crippen LogP contribution in [-0.2, 0) is 15.8 Å². The van der Waals surface area contributed by atoms with Gasteiger partial charge in [0.05, 0.1) is 10.7 Å². The second-order valence-corrected chi connectivity index (χ2v) is 8.27. The fourth-order valence-electron chi connectivity index (χ4n) is 3.74. The van der Waals surface area contributed by atoms with Gasteiger partial charge >= 0.3 is 0 Å². The van der Waals surface area contributed by atoms with E-state index in [1.165, 1.54) is 0 Å². The Morgan fingerprint density at radius 2 is 2.07 bits per heavy atom. The number of aliphatic hydroxyl groups is 1. The first-order valence-electron chi connectivity index (χ1n) is 9.18. The maximum absolute atomic E-state index is 14.6. The molecule has 0 radical (unpaired) electrons. The summed E-state index contributed by atoms with van der Waals surface area (Å²) in [7, 11) is 0. The van der Waals surface area contributed by atoms with Crippen molar-refractivity contribution in [2.24, 2.45) is 17.4 Å². The van der Waals surface area contributed by atoms with Crippen molar-refractivity contribution in [3.05, 3.63) is 46.1 Å². The summed E-state index contributed by atoms with van der Waals surface area (Å²) in [5.41, 5.74) is 9.26. The molecule has 29 heavy (non-hydrogen) atoms. The molecule has 1 amide bonds. The van der Waals surface area contributed by atoms with Crippen molar-refractivity contribution in [3.63, 3.8) is 0 Å². The summed E-state index contributed by atoms with van der Waals surface area (Å²) in [6.45, 7) is 1.42. The van der Waals surface area contributed by atoms with Crippen LogP contribution in [0, 0.1) is 17.6 Å². The second-order valence-electron chi connectivity index (χ2n) is 7.87. The molecule has 1 aliphatic heterocycles. The van der Waals surface area contributed by atoms with Crippen LogP contribution < -0.4 is 16.2 Å². The molecule has 2 atom stereocenters. The number of nitrogens with two attached hydrogens (primary N) is 2. The Morgan fingerprint density at radius 1 is 1.38 bits per heavy atom. The van der Waals surface area contributed by atoms with E-state index in [1.54, 1.807) is 13.0 Å². The van der Waals surface area contributed by atoms with Crippen LogP contribution in [0.25, 0.3) is 11.3 Å². The quantitative estimate of drug-likeness (QED) is 0.639. The van der Waals surface area contributed by atoms with Gasteiger partial charge in [-0.25, -0.2) is 13.8 Å². The van der Waals surface area contributed by atoms with E-state index in [0.717, 1.165) is 18.9 Å². The number of hydrogen-bond donors (Lipinski definition) is 3. The summed E-state index contributed by atoms with van der Waals surface area (Å²) in [4.78, 5) is 16.6. The Morgan fingerprint density at radius 3 is 2.66 bits per heavy atom. The molecule has 0 saturated heterocycles. The number of nitrogens with zero attached hydrogens (tertiary/aromatic N) is 1. The number of pyridine rings is 1. The van der Waals surface area contributed by atoms with Gasteiger partial charge < -0.3 is 21.3 Å². The number of carbonyl (C=O) groups is 1. The third-order valence-corrected chi connectivity index (χ3v) is 6.18. The number of hydrogen-bond acceptors (Lipinski definition) is 5. The third-order valence-electron chi connectivity index (χ3n) is 5.89. The highest BCUT2D eigenvalue weighted by atomic mass is 35.5. The highest BCUT2D eigenvalue weighted by molar-refractivity contribution is 6.31. The van der Waals surface area contributed by atoms with Crippen LogP contribution in [-0.4, -0.2) is 29.1 Å². The van der Waals surface area contributed by atoms with Gasteiger partial charge in [0.15, 0.2) is 0 Å². The summed E-state index contributed by atoms with van der Waals surface area (Å²) >= 11 is 5.86. The molecule has 5 N–H and O–H groups in total. The van der Waals surface area contributed by atoms with Gasteiger partial charge in [0, 0.05) is 23.7 Å². The van der Waals surface area contributed by atoms with Crippen molar-refractivity contribution in [3.8, 4) is 17.0 Å². The lowest BCUT2D eigenvalue weighted by Gasteiger charge is -2.28. The number of amides is 1. The van der Waals surface area contributed by atoms with Gasteiger partial charge in [-0.15, -0.1) is 0 Å². The van der Waals surface area contributed by atoms with Crippen molar-refractivity contribution in [1.82, 2.24) is 4.98 Å². The minimum Gasteiger partial charge on any atom is -0.489 e.